The van der Waals surface area contributed by atoms with Gasteiger partial charge in [0.2, 0.25) is 0 Å². The lowest BCUT2D eigenvalue weighted by Crippen LogP contribution is -2.61. The van der Waals surface area contributed by atoms with Crippen molar-refractivity contribution in [1.82, 2.24) is 10.6 Å². The minimum Gasteiger partial charge on any atom is -0.396 e. The fourth-order valence-electron chi connectivity index (χ4n) is 9.00. The number of thioether (sulfide) groups is 1. The second kappa shape index (κ2) is 14.3. The molecule has 0 aromatic heterocycles. The van der Waals surface area contributed by atoms with E-state index in [-0.39, 0.29) is 42.9 Å². The van der Waals surface area contributed by atoms with Crippen molar-refractivity contribution in [3.63, 3.8) is 0 Å². The van der Waals surface area contributed by atoms with Crippen LogP contribution >= 0.6 is 11.8 Å². The summed E-state index contributed by atoms with van der Waals surface area (Å²) in [5, 5.41) is 25.4. The Morgan fingerprint density at radius 3 is 2.19 bits per heavy atom. The topological polar surface area (TPSA) is 100 Å². The number of benzene rings is 3. The van der Waals surface area contributed by atoms with Crippen LogP contribution in [0, 0.1) is 23.7 Å². The molecule has 7 nitrogen and oxygen atoms in total. The molecule has 250 valence electrons. The number of aliphatic hydroxyl groups excluding tert-OH is 2. The molecular formula is C39H48N2O5S. The highest BCUT2D eigenvalue weighted by atomic mass is 32.2. The highest BCUT2D eigenvalue weighted by Crippen LogP contribution is 2.55. The number of ether oxygens (including phenoxy) is 2. The van der Waals surface area contributed by atoms with Gasteiger partial charge in [-0.05, 0) is 90.2 Å². The zero-order valence-electron chi connectivity index (χ0n) is 27.3. The molecule has 4 bridgehead atoms. The van der Waals surface area contributed by atoms with Crippen molar-refractivity contribution in [2.24, 2.45) is 23.7 Å². The fourth-order valence-corrected chi connectivity index (χ4v) is 9.91. The number of amides is 2. The van der Waals surface area contributed by atoms with Crippen LogP contribution in [0.2, 0.25) is 0 Å². The van der Waals surface area contributed by atoms with E-state index in [1.165, 1.54) is 19.3 Å². The molecule has 4 N–H and O–H groups in total. The Bertz CT molecular complexity index is 1480. The molecule has 1 aliphatic heterocycles. The number of rotatable bonds is 11. The van der Waals surface area contributed by atoms with Crippen LogP contribution < -0.4 is 10.6 Å². The third-order valence-electron chi connectivity index (χ3n) is 11.0. The summed E-state index contributed by atoms with van der Waals surface area (Å²) < 4.78 is 13.1. The Hall–Kier alpha value is -2.88. The maximum atomic E-state index is 13.0. The van der Waals surface area contributed by atoms with E-state index in [9.17, 15) is 15.0 Å². The molecule has 8 rings (SSSR count). The van der Waals surface area contributed by atoms with Gasteiger partial charge in [-0.3, -0.25) is 0 Å². The highest BCUT2D eigenvalue weighted by molar-refractivity contribution is 7.99. The van der Waals surface area contributed by atoms with Gasteiger partial charge >= 0.3 is 6.03 Å². The predicted molar refractivity (Wildman–Crippen MR) is 186 cm³/mol. The summed E-state index contributed by atoms with van der Waals surface area (Å²) in [5.41, 5.74) is 6.15. The molecule has 4 unspecified atom stereocenters. The van der Waals surface area contributed by atoms with Gasteiger partial charge in [0, 0.05) is 35.1 Å². The minimum absolute atomic E-state index is 0.00900. The lowest BCUT2D eigenvalue weighted by atomic mass is 9.53. The predicted octanol–water partition coefficient (Wildman–Crippen LogP) is 7.13. The van der Waals surface area contributed by atoms with Gasteiger partial charge in [0.15, 0.2) is 6.29 Å². The lowest BCUT2D eigenvalue weighted by Gasteiger charge is -2.56. The van der Waals surface area contributed by atoms with Gasteiger partial charge < -0.3 is 30.3 Å². The number of hydrogen-bond acceptors (Lipinski definition) is 6. The summed E-state index contributed by atoms with van der Waals surface area (Å²) >= 11 is 1.69. The molecule has 1 saturated heterocycles. The van der Waals surface area contributed by atoms with E-state index >= 15 is 0 Å². The summed E-state index contributed by atoms with van der Waals surface area (Å²) in [6.45, 7) is 2.80. The molecule has 3 aromatic carbocycles. The van der Waals surface area contributed by atoms with Crippen molar-refractivity contribution in [2.75, 3.05) is 18.1 Å². The van der Waals surface area contributed by atoms with Crippen molar-refractivity contribution >= 4 is 17.8 Å². The normalized spacial score (nSPS) is 31.1. The fraction of sp³-hybridized carbons (Fsp3) is 0.513. The van der Waals surface area contributed by atoms with Crippen LogP contribution in [0.1, 0.15) is 80.1 Å². The summed E-state index contributed by atoms with van der Waals surface area (Å²) in [6.07, 6.45) is 6.81. The number of carbonyl (C=O) groups is 1. The molecule has 5 aliphatic rings. The Kier molecular flexibility index (Phi) is 9.94. The maximum Gasteiger partial charge on any atom is 0.315 e. The average Bonchev–Trinajstić information content (AvgIpc) is 3.08. The first-order chi connectivity index (χ1) is 22.9. The molecule has 4 atom stereocenters. The van der Waals surface area contributed by atoms with Crippen LogP contribution in [-0.4, -0.2) is 46.0 Å². The van der Waals surface area contributed by atoms with E-state index in [2.05, 4.69) is 60.0 Å². The first kappa shape index (κ1) is 32.7. The van der Waals surface area contributed by atoms with Crippen molar-refractivity contribution in [3.05, 3.63) is 95.1 Å². The third-order valence-corrected chi connectivity index (χ3v) is 12.0. The van der Waals surface area contributed by atoms with Gasteiger partial charge in [0.05, 0.1) is 25.4 Å². The Morgan fingerprint density at radius 1 is 0.851 bits per heavy atom. The summed E-state index contributed by atoms with van der Waals surface area (Å²) in [6, 6.07) is 24.6. The maximum absolute atomic E-state index is 13.0. The van der Waals surface area contributed by atoms with Crippen LogP contribution in [-0.2, 0) is 22.6 Å². The van der Waals surface area contributed by atoms with Crippen LogP contribution in [0.25, 0.3) is 11.1 Å². The van der Waals surface area contributed by atoms with Gasteiger partial charge in [-0.25, -0.2) is 4.79 Å². The van der Waals surface area contributed by atoms with E-state index in [1.807, 2.05) is 30.3 Å². The van der Waals surface area contributed by atoms with Crippen molar-refractivity contribution in [2.45, 2.75) is 82.6 Å². The Morgan fingerprint density at radius 2 is 1.53 bits per heavy atom. The number of urea groups is 1. The van der Waals surface area contributed by atoms with Crippen LogP contribution in [0.15, 0.2) is 72.8 Å². The monoisotopic (exact) mass is 656 g/mol. The molecule has 4 saturated carbocycles. The first-order valence-electron chi connectivity index (χ1n) is 17.3. The van der Waals surface area contributed by atoms with Gasteiger partial charge in [-0.2, -0.15) is 11.8 Å². The molecule has 2 amide bonds. The molecule has 3 aromatic rings. The molecular weight excluding hydrogens is 609 g/mol. The van der Waals surface area contributed by atoms with Gasteiger partial charge in [0.25, 0.3) is 0 Å². The van der Waals surface area contributed by atoms with E-state index in [0.717, 1.165) is 76.1 Å². The summed E-state index contributed by atoms with van der Waals surface area (Å²) in [7, 11) is 0. The molecule has 5 fully saturated rings. The third kappa shape index (κ3) is 7.42. The average molecular weight is 657 g/mol. The van der Waals surface area contributed by atoms with Gasteiger partial charge in [-0.1, -0.05) is 73.7 Å². The molecule has 1 heterocycles. The van der Waals surface area contributed by atoms with Gasteiger partial charge in [0.1, 0.15) is 0 Å². The smallest absolute Gasteiger partial charge is 0.315 e. The largest absolute Gasteiger partial charge is 0.396 e. The number of hydrogen-bond donors (Lipinski definition) is 4. The van der Waals surface area contributed by atoms with Gasteiger partial charge in [-0.15, -0.1) is 0 Å². The van der Waals surface area contributed by atoms with Crippen molar-refractivity contribution in [1.29, 1.82) is 0 Å². The highest BCUT2D eigenvalue weighted by Gasteiger charge is 2.51. The number of carbonyl (C=O) groups excluding carboxylic acids is 1. The standard InChI is InChI=1S/C39H48N2O5S/c1-25-35(24-47-14-13-42)45-37(46-36(25)32-7-5-26(23-43)6-8-32)33-11-9-31(10-12-33)34-4-2-3-27(18-34)22-40-38(44)41-39-19-28-15-29(20-39)17-30(16-28)21-39/h2-12,18,25,28-30,35-37,42-43H,13-17,19-24H2,1H3,(H2,40,41,44). The zero-order chi connectivity index (χ0) is 32.4. The first-order valence-corrected chi connectivity index (χ1v) is 18.5. The molecule has 0 spiro atoms. The zero-order valence-corrected chi connectivity index (χ0v) is 28.1. The summed E-state index contributed by atoms with van der Waals surface area (Å²) in [4.78, 5) is 13.0. The molecule has 47 heavy (non-hydrogen) atoms. The van der Waals surface area contributed by atoms with E-state index < -0.39 is 6.29 Å². The molecule has 8 heteroatoms. The van der Waals surface area contributed by atoms with E-state index in [4.69, 9.17) is 9.47 Å². The summed E-state index contributed by atoms with van der Waals surface area (Å²) in [5.74, 6) is 3.95. The van der Waals surface area contributed by atoms with Crippen molar-refractivity contribution < 1.29 is 24.5 Å². The van der Waals surface area contributed by atoms with E-state index in [0.29, 0.717) is 12.3 Å². The minimum atomic E-state index is -0.523. The SMILES string of the molecule is CC1C(CSCCO)OC(c2ccc(-c3cccc(CNC(=O)NC45CC6CC(CC(C6)C4)C5)c3)cc2)OC1c1ccc(CO)cc1. The molecule has 4 aliphatic carbocycles. The van der Waals surface area contributed by atoms with E-state index in [1.54, 1.807) is 11.8 Å². The molecule has 0 radical (unpaired) electrons. The van der Waals surface area contributed by atoms with Crippen LogP contribution in [0.5, 0.6) is 0 Å². The Labute approximate surface area is 282 Å². The second-order valence-corrected chi connectivity index (χ2v) is 15.6. The Balaban J connectivity index is 1.000. The van der Waals surface area contributed by atoms with Crippen molar-refractivity contribution in [3.8, 4) is 11.1 Å². The number of nitrogens with one attached hydrogen (secondary N) is 2. The lowest BCUT2D eigenvalue weighted by molar-refractivity contribution is -0.268. The van der Waals surface area contributed by atoms with Crippen LogP contribution in [0.3, 0.4) is 0 Å². The second-order valence-electron chi connectivity index (χ2n) is 14.4. The quantitative estimate of drug-likeness (QED) is 0.164. The number of aliphatic hydroxyl groups is 2. The van der Waals surface area contributed by atoms with Crippen LogP contribution in [0.4, 0.5) is 4.79 Å².